The number of ether oxygens (including phenoxy) is 3. The molecule has 0 radical (unpaired) electrons. The second-order valence-electron chi connectivity index (χ2n) is 22.5. The summed E-state index contributed by atoms with van der Waals surface area (Å²) < 4.78 is 18.8. The number of esters is 1. The lowest BCUT2D eigenvalue weighted by molar-refractivity contribution is -0.142. The van der Waals surface area contributed by atoms with E-state index >= 15 is 0 Å². The van der Waals surface area contributed by atoms with E-state index in [1.165, 1.54) is 29.1 Å². The summed E-state index contributed by atoms with van der Waals surface area (Å²) in [4.78, 5) is 106. The Morgan fingerprint density at radius 1 is 0.923 bits per heavy atom. The molecule has 0 saturated carbocycles. The van der Waals surface area contributed by atoms with Crippen molar-refractivity contribution in [1.82, 2.24) is 56.2 Å². The van der Waals surface area contributed by atoms with Crippen molar-refractivity contribution in [3.8, 4) is 5.88 Å². The van der Waals surface area contributed by atoms with Gasteiger partial charge in [-0.1, -0.05) is 78.8 Å². The highest BCUT2D eigenvalue weighted by molar-refractivity contribution is 5.97. The molecule has 4 aromatic rings. The maximum Gasteiger partial charge on any atom is 0.407 e. The molecule has 0 spiro atoms. The number of alkyl carbamates (subject to hydrolysis) is 1. The van der Waals surface area contributed by atoms with Crippen molar-refractivity contribution in [2.75, 3.05) is 24.2 Å². The number of nitrogens with zero attached hydrogens (tertiary/aromatic N) is 7. The smallest absolute Gasteiger partial charge is 0.407 e. The summed E-state index contributed by atoms with van der Waals surface area (Å²) in [5.41, 5.74) is 15.1. The zero-order chi connectivity index (χ0) is 66.0. The number of unbranched alkanes of at least 4 members (excludes halogenated alkanes) is 1. The summed E-state index contributed by atoms with van der Waals surface area (Å²) in [6, 6.07) is 1.33. The number of cyclic esters (lactones) is 1. The lowest BCUT2D eigenvalue weighted by Crippen LogP contribution is -2.52. The van der Waals surface area contributed by atoms with Crippen molar-refractivity contribution in [3.63, 3.8) is 0 Å². The van der Waals surface area contributed by atoms with Crippen LogP contribution in [0.1, 0.15) is 121 Å². The van der Waals surface area contributed by atoms with Crippen LogP contribution in [0.25, 0.3) is 11.2 Å². The number of anilines is 2. The van der Waals surface area contributed by atoms with Gasteiger partial charge in [0.25, 0.3) is 5.91 Å². The van der Waals surface area contributed by atoms with Gasteiger partial charge in [0.2, 0.25) is 23.6 Å². The van der Waals surface area contributed by atoms with Gasteiger partial charge in [-0.2, -0.15) is 9.97 Å². The summed E-state index contributed by atoms with van der Waals surface area (Å²) in [6.07, 6.45) is 21.2. The number of aryl methyl sites for hydroxylation is 1. The van der Waals surface area contributed by atoms with E-state index in [-0.39, 0.29) is 111 Å². The van der Waals surface area contributed by atoms with E-state index in [1.807, 2.05) is 70.2 Å². The van der Waals surface area contributed by atoms with Crippen molar-refractivity contribution in [2.45, 2.75) is 167 Å². The molecule has 1 fully saturated rings. The number of fused-ring (bicyclic) bond motifs is 1. The van der Waals surface area contributed by atoms with Crippen LogP contribution in [0.2, 0.25) is 0 Å². The third-order valence-electron chi connectivity index (χ3n) is 15.0. The second-order valence-corrected chi connectivity index (χ2v) is 22.5. The van der Waals surface area contributed by atoms with Crippen molar-refractivity contribution >= 4 is 64.5 Å². The minimum Gasteiger partial charge on any atom is -0.492 e. The summed E-state index contributed by atoms with van der Waals surface area (Å²) in [5.74, 6) is -5.86. The highest BCUT2D eigenvalue weighted by Crippen LogP contribution is 2.29. The van der Waals surface area contributed by atoms with Crippen LogP contribution in [0.4, 0.5) is 16.4 Å². The molecular formula is C63H84N14O14. The Kier molecular flexibility index (Phi) is 27.7. The third-order valence-corrected chi connectivity index (χ3v) is 15.0. The van der Waals surface area contributed by atoms with Gasteiger partial charge in [-0.25, -0.2) is 29.1 Å². The summed E-state index contributed by atoms with van der Waals surface area (Å²) in [7, 11) is 0. The molecule has 490 valence electrons. The van der Waals surface area contributed by atoms with Gasteiger partial charge in [0.15, 0.2) is 11.2 Å². The average Bonchev–Trinajstić information content (AvgIpc) is 2.52. The lowest BCUT2D eigenvalue weighted by Gasteiger charge is -2.39. The number of carboxylic acids is 2. The standard InChI is InChI=1S/C63H84N14O14/c1-6-12-51-40(5)50(78)33-52(91-51)46(16-9-13-37(2)31-39(4)32-38(3)19-24-45-14-10-18-54(80)90-45)72-63(88)89-30-27-43-36-77(76-75-43)29-11-17-47(58(82)71-48(60(84)85)15-7-8-28-64)69-53(79)26-25-49(61(86)87)70-57(81)41-20-22-42(23-21-41)66-34-44-35-67-56-55(68-44)59(83)74-62(65)73-56/h6,9-10,12-13,16,18-24,32,35-36,39-40,45-52,66,78H,7-8,11,14-15,17,25-31,33-34,64H2,1-5H3,(H,69,79)(H,70,81)(H,71,82)(H,72,88)(H,84,85)(H,86,87)(H3,65,67,73,74,83)/b12-6+,16-9+,24-19+,37-13+,38-32-/t39-,40+,45-,46-,47+,48-,49+,50-,51+,52+/m1/s1. The molecule has 1 aromatic carbocycles. The lowest BCUT2D eigenvalue weighted by atomic mass is 9.87. The fourth-order valence-corrected chi connectivity index (χ4v) is 10.1. The number of carbonyl (C=O) groups is 7. The molecule has 2 aliphatic rings. The number of carboxylic acid groups (broad SMARTS) is 2. The van der Waals surface area contributed by atoms with Gasteiger partial charge in [0.1, 0.15) is 24.2 Å². The van der Waals surface area contributed by atoms with E-state index in [0.29, 0.717) is 42.9 Å². The SMILES string of the molecule is C/C=C/[C@@H]1O[C@H]([C@@H](/C=C/C=C(\C)C[C@@H](C)/C=C(C)\C=C\[C@H]2CC=CC(=O)O2)NC(=O)OCCc2cn(CCC[C@H](NC(=O)CC[C@H](NC(=O)c3ccc(NCc4cnc5nc(N)nc(O)c5n4)cc3)C(=O)O)C(=O)N[C@H](CCCCN)C(=O)O)nn2)C[C@@H](O)[C@@H]1C. The Hall–Kier alpha value is -9.41. The molecule has 6 rings (SSSR count). The second kappa shape index (κ2) is 35.7. The number of amides is 4. The first-order chi connectivity index (χ1) is 43.6. The van der Waals surface area contributed by atoms with E-state index in [0.717, 1.165) is 17.6 Å². The predicted octanol–water partition coefficient (Wildman–Crippen LogP) is 4.81. The molecule has 0 bridgehead atoms. The number of aliphatic hydroxyl groups excluding tert-OH is 1. The number of allylic oxidation sites excluding steroid dienone is 7. The average molecular weight is 1260 g/mol. The number of aromatic hydroxyl groups is 1. The van der Waals surface area contributed by atoms with E-state index in [9.17, 15) is 54.0 Å². The van der Waals surface area contributed by atoms with Crippen molar-refractivity contribution < 1.29 is 68.2 Å². The molecule has 10 atom stereocenters. The number of aromatic nitrogens is 7. The molecule has 28 heteroatoms. The number of nitrogens with one attached hydrogen (secondary N) is 5. The molecular weight excluding hydrogens is 1180 g/mol. The number of aliphatic carboxylic acids is 2. The monoisotopic (exact) mass is 1260 g/mol. The van der Waals surface area contributed by atoms with Crippen LogP contribution >= 0.6 is 0 Å². The van der Waals surface area contributed by atoms with Crippen LogP contribution in [-0.2, 0) is 57.7 Å². The van der Waals surface area contributed by atoms with Crippen molar-refractivity contribution in [3.05, 3.63) is 126 Å². The number of hydrogen-bond donors (Lipinski definition) is 11. The predicted molar refractivity (Wildman–Crippen MR) is 335 cm³/mol. The van der Waals surface area contributed by atoms with Gasteiger partial charge in [-0.15, -0.1) is 5.10 Å². The molecule has 2 aliphatic heterocycles. The van der Waals surface area contributed by atoms with Gasteiger partial charge in [0, 0.05) is 61.7 Å². The van der Waals surface area contributed by atoms with E-state index < -0.39 is 84.4 Å². The first-order valence-electron chi connectivity index (χ1n) is 30.3. The number of rotatable bonds is 34. The van der Waals surface area contributed by atoms with Gasteiger partial charge in [-0.3, -0.25) is 19.1 Å². The van der Waals surface area contributed by atoms with E-state index in [1.54, 1.807) is 24.4 Å². The van der Waals surface area contributed by atoms with E-state index in [2.05, 4.69) is 69.8 Å². The van der Waals surface area contributed by atoms with Gasteiger partial charge in [0.05, 0.1) is 55.1 Å². The maximum atomic E-state index is 13.7. The summed E-state index contributed by atoms with van der Waals surface area (Å²) >= 11 is 0. The number of aliphatic hydroxyl groups is 1. The number of hydrogen-bond acceptors (Lipinski definition) is 21. The van der Waals surface area contributed by atoms with Crippen LogP contribution in [0.3, 0.4) is 0 Å². The minimum atomic E-state index is -1.52. The minimum absolute atomic E-state index is 0.00518. The van der Waals surface area contributed by atoms with Gasteiger partial charge in [-0.05, 0) is 109 Å². The van der Waals surface area contributed by atoms with Crippen LogP contribution in [0, 0.1) is 11.8 Å². The highest BCUT2D eigenvalue weighted by atomic mass is 16.6. The van der Waals surface area contributed by atoms with Gasteiger partial charge < -0.3 is 72.7 Å². The summed E-state index contributed by atoms with van der Waals surface area (Å²) in [6.45, 7) is 10.5. The number of nitrogen functional groups attached to an aromatic ring is 1. The quantitative estimate of drug-likeness (QED) is 0.0129. The first-order valence-corrected chi connectivity index (χ1v) is 30.3. The van der Waals surface area contributed by atoms with Crippen LogP contribution in [0.15, 0.2) is 109 Å². The fraction of sp³-hybridized carbons (Fsp3) is 0.476. The van der Waals surface area contributed by atoms with Crippen LogP contribution in [0.5, 0.6) is 5.88 Å². The molecule has 28 nitrogen and oxygen atoms in total. The Bertz CT molecular complexity index is 3330. The topological polar surface area (TPSA) is 423 Å². The molecule has 3 aromatic heterocycles. The first kappa shape index (κ1) is 70.7. The molecule has 0 unspecified atom stereocenters. The van der Waals surface area contributed by atoms with Gasteiger partial charge >= 0.3 is 24.0 Å². The Balaban J connectivity index is 1.01. The molecule has 91 heavy (non-hydrogen) atoms. The zero-order valence-corrected chi connectivity index (χ0v) is 51.8. The summed E-state index contributed by atoms with van der Waals surface area (Å²) in [5, 5.41) is 63.1. The molecule has 5 heterocycles. The maximum absolute atomic E-state index is 13.7. The van der Waals surface area contributed by atoms with Crippen LogP contribution < -0.4 is 38.1 Å². The third kappa shape index (κ3) is 23.5. The van der Waals surface area contributed by atoms with Crippen molar-refractivity contribution in [2.24, 2.45) is 17.6 Å². The zero-order valence-electron chi connectivity index (χ0n) is 51.8. The molecule has 1 saturated heterocycles. The number of benzene rings is 1. The molecule has 4 amide bonds. The Morgan fingerprint density at radius 2 is 1.67 bits per heavy atom. The fourth-order valence-electron chi connectivity index (χ4n) is 10.1. The van der Waals surface area contributed by atoms with Crippen LogP contribution in [-0.4, -0.2) is 159 Å². The number of nitrogens with two attached hydrogens (primary N) is 2. The Labute approximate surface area is 527 Å². The highest BCUT2D eigenvalue weighted by Gasteiger charge is 2.37. The van der Waals surface area contributed by atoms with E-state index in [4.69, 9.17) is 25.7 Å². The number of carbonyl (C=O) groups excluding carboxylic acids is 5. The Morgan fingerprint density at radius 3 is 2.40 bits per heavy atom. The normalized spacial score (nSPS) is 19.5. The largest absolute Gasteiger partial charge is 0.492 e. The molecule has 13 N–H and O–H groups in total. The van der Waals surface area contributed by atoms with Crippen molar-refractivity contribution in [1.29, 1.82) is 0 Å². The molecule has 0 aliphatic carbocycles.